The minimum Gasteiger partial charge on any atom is -0.457 e. The summed E-state index contributed by atoms with van der Waals surface area (Å²) >= 11 is 0. The second-order valence-electron chi connectivity index (χ2n) is 4.25. The maximum Gasteiger partial charge on any atom is 0.131 e. The zero-order valence-corrected chi connectivity index (χ0v) is 10.4. The summed E-state index contributed by atoms with van der Waals surface area (Å²) < 4.78 is 18.9. The van der Waals surface area contributed by atoms with E-state index < -0.39 is 5.82 Å². The van der Waals surface area contributed by atoms with Crippen LogP contribution in [-0.2, 0) is 0 Å². The van der Waals surface area contributed by atoms with Crippen LogP contribution in [0.3, 0.4) is 0 Å². The molecule has 0 atom stereocenters. The third kappa shape index (κ3) is 2.43. The van der Waals surface area contributed by atoms with E-state index in [0.717, 1.165) is 17.0 Å². The van der Waals surface area contributed by atoms with Gasteiger partial charge >= 0.3 is 0 Å². The van der Waals surface area contributed by atoms with Crippen molar-refractivity contribution in [1.29, 1.82) is 5.26 Å². The fourth-order valence-electron chi connectivity index (χ4n) is 1.93. The Balaban J connectivity index is 1.97. The minimum absolute atomic E-state index is 0.221. The Morgan fingerprint density at radius 1 is 1.05 bits per heavy atom. The number of hydrogen-bond acceptors (Lipinski definition) is 3. The van der Waals surface area contributed by atoms with E-state index in [2.05, 4.69) is 4.98 Å². The molecule has 0 saturated carbocycles. The highest BCUT2D eigenvalue weighted by Crippen LogP contribution is 2.26. The van der Waals surface area contributed by atoms with Crippen LogP contribution in [0, 0.1) is 17.1 Å². The first-order valence-corrected chi connectivity index (χ1v) is 5.98. The van der Waals surface area contributed by atoms with Crippen LogP contribution in [0.2, 0.25) is 0 Å². The zero-order chi connectivity index (χ0) is 13.9. The van der Waals surface area contributed by atoms with Crippen molar-refractivity contribution in [2.75, 3.05) is 0 Å². The van der Waals surface area contributed by atoms with Crippen molar-refractivity contribution in [3.63, 3.8) is 0 Å². The van der Waals surface area contributed by atoms with E-state index in [9.17, 15) is 4.39 Å². The van der Waals surface area contributed by atoms with Crippen molar-refractivity contribution in [2.45, 2.75) is 0 Å². The van der Waals surface area contributed by atoms with Crippen LogP contribution in [0.5, 0.6) is 11.5 Å². The van der Waals surface area contributed by atoms with E-state index in [1.807, 2.05) is 24.3 Å². The van der Waals surface area contributed by atoms with Crippen LogP contribution in [0.25, 0.3) is 10.9 Å². The molecule has 96 valence electrons. The molecule has 0 aliphatic carbocycles. The predicted molar refractivity (Wildman–Crippen MR) is 72.9 cm³/mol. The van der Waals surface area contributed by atoms with Crippen LogP contribution >= 0.6 is 0 Å². The Labute approximate surface area is 114 Å². The lowest BCUT2D eigenvalue weighted by Crippen LogP contribution is -1.88. The van der Waals surface area contributed by atoms with Crippen LogP contribution in [0.1, 0.15) is 5.56 Å². The predicted octanol–water partition coefficient (Wildman–Crippen LogP) is 4.04. The number of hydrogen-bond donors (Lipinski definition) is 0. The SMILES string of the molecule is N#Cc1cc(F)cc(Oc2ccc3cccnc3c2)c1. The number of nitrogens with zero attached hydrogens (tertiary/aromatic N) is 2. The lowest BCUT2D eigenvalue weighted by molar-refractivity contribution is 0.477. The highest BCUT2D eigenvalue weighted by atomic mass is 19.1. The molecule has 0 fully saturated rings. The number of aromatic nitrogens is 1. The summed E-state index contributed by atoms with van der Waals surface area (Å²) in [5.41, 5.74) is 1.01. The second-order valence-corrected chi connectivity index (χ2v) is 4.25. The average molecular weight is 264 g/mol. The van der Waals surface area contributed by atoms with Gasteiger partial charge in [0.25, 0.3) is 0 Å². The molecule has 2 aromatic carbocycles. The van der Waals surface area contributed by atoms with E-state index in [1.165, 1.54) is 12.1 Å². The first-order valence-electron chi connectivity index (χ1n) is 5.98. The highest BCUT2D eigenvalue weighted by Gasteiger charge is 2.04. The van der Waals surface area contributed by atoms with Gasteiger partial charge in [-0.1, -0.05) is 6.07 Å². The fraction of sp³-hybridized carbons (Fsp3) is 0. The van der Waals surface area contributed by atoms with E-state index in [4.69, 9.17) is 10.00 Å². The molecule has 0 amide bonds. The molecule has 3 rings (SSSR count). The Bertz CT molecular complexity index is 824. The van der Waals surface area contributed by atoms with Crippen molar-refractivity contribution in [1.82, 2.24) is 4.98 Å². The molecular formula is C16H9FN2O. The summed E-state index contributed by atoms with van der Waals surface area (Å²) in [6, 6.07) is 15.0. The molecule has 1 heterocycles. The van der Waals surface area contributed by atoms with Gasteiger partial charge in [0.05, 0.1) is 17.1 Å². The monoisotopic (exact) mass is 264 g/mol. The molecule has 4 heteroatoms. The number of halogens is 1. The van der Waals surface area contributed by atoms with Gasteiger partial charge in [0, 0.05) is 23.7 Å². The Morgan fingerprint density at radius 2 is 1.95 bits per heavy atom. The zero-order valence-electron chi connectivity index (χ0n) is 10.4. The molecule has 0 bridgehead atoms. The molecule has 0 spiro atoms. The maximum absolute atomic E-state index is 13.3. The largest absolute Gasteiger partial charge is 0.457 e. The molecule has 1 aromatic heterocycles. The first-order chi connectivity index (χ1) is 9.74. The summed E-state index contributed by atoms with van der Waals surface area (Å²) in [4.78, 5) is 4.23. The van der Waals surface area contributed by atoms with Gasteiger partial charge in [0.2, 0.25) is 0 Å². The summed E-state index contributed by atoms with van der Waals surface area (Å²) in [6.07, 6.45) is 1.70. The number of ether oxygens (including phenoxy) is 1. The topological polar surface area (TPSA) is 45.9 Å². The Kier molecular flexibility index (Phi) is 3.02. The second kappa shape index (κ2) is 4.98. The van der Waals surface area contributed by atoms with Crippen molar-refractivity contribution in [3.8, 4) is 17.6 Å². The summed E-state index contributed by atoms with van der Waals surface area (Å²) in [5, 5.41) is 9.81. The third-order valence-corrected chi connectivity index (χ3v) is 2.81. The fourth-order valence-corrected chi connectivity index (χ4v) is 1.93. The van der Waals surface area contributed by atoms with Gasteiger partial charge in [-0.25, -0.2) is 4.39 Å². The average Bonchev–Trinajstić information content (AvgIpc) is 2.46. The molecule has 0 saturated heterocycles. The van der Waals surface area contributed by atoms with Gasteiger partial charge in [-0.2, -0.15) is 5.26 Å². The van der Waals surface area contributed by atoms with Gasteiger partial charge in [-0.05, 0) is 30.3 Å². The molecule has 0 aliphatic heterocycles. The van der Waals surface area contributed by atoms with E-state index >= 15 is 0 Å². The lowest BCUT2D eigenvalue weighted by atomic mass is 10.2. The number of nitriles is 1. The van der Waals surface area contributed by atoms with E-state index in [1.54, 1.807) is 18.3 Å². The Morgan fingerprint density at radius 3 is 2.80 bits per heavy atom. The molecule has 0 unspecified atom stereocenters. The molecule has 20 heavy (non-hydrogen) atoms. The van der Waals surface area contributed by atoms with Crippen LogP contribution in [-0.4, -0.2) is 4.98 Å². The molecule has 3 aromatic rings. The first kappa shape index (κ1) is 12.1. The van der Waals surface area contributed by atoms with Gasteiger partial charge in [0.15, 0.2) is 0 Å². The molecule has 0 aliphatic rings. The van der Waals surface area contributed by atoms with Crippen molar-refractivity contribution >= 4 is 10.9 Å². The van der Waals surface area contributed by atoms with Gasteiger partial charge in [-0.15, -0.1) is 0 Å². The molecular weight excluding hydrogens is 255 g/mol. The van der Waals surface area contributed by atoms with Crippen molar-refractivity contribution in [2.24, 2.45) is 0 Å². The number of fused-ring (bicyclic) bond motifs is 1. The normalized spacial score (nSPS) is 10.2. The lowest BCUT2D eigenvalue weighted by Gasteiger charge is -2.07. The number of pyridine rings is 1. The van der Waals surface area contributed by atoms with Crippen LogP contribution < -0.4 is 4.74 Å². The standard InChI is InChI=1S/C16H9FN2O/c17-13-6-11(10-18)7-15(8-13)20-14-4-3-12-2-1-5-19-16(12)9-14/h1-9H. The summed E-state index contributed by atoms with van der Waals surface area (Å²) in [6.45, 7) is 0. The smallest absolute Gasteiger partial charge is 0.131 e. The minimum atomic E-state index is -0.502. The van der Waals surface area contributed by atoms with Crippen LogP contribution in [0.15, 0.2) is 54.7 Å². The van der Waals surface area contributed by atoms with Gasteiger partial charge in [-0.3, -0.25) is 4.98 Å². The number of benzene rings is 2. The van der Waals surface area contributed by atoms with Crippen molar-refractivity contribution in [3.05, 3.63) is 66.1 Å². The third-order valence-electron chi connectivity index (χ3n) is 2.81. The summed E-state index contributed by atoms with van der Waals surface area (Å²) in [7, 11) is 0. The van der Waals surface area contributed by atoms with Crippen LogP contribution in [0.4, 0.5) is 4.39 Å². The molecule has 0 N–H and O–H groups in total. The Hall–Kier alpha value is -2.93. The van der Waals surface area contributed by atoms with Gasteiger partial charge < -0.3 is 4.74 Å². The highest BCUT2D eigenvalue weighted by molar-refractivity contribution is 5.79. The molecule has 3 nitrogen and oxygen atoms in total. The van der Waals surface area contributed by atoms with E-state index in [0.29, 0.717) is 5.75 Å². The maximum atomic E-state index is 13.3. The molecule has 0 radical (unpaired) electrons. The number of rotatable bonds is 2. The van der Waals surface area contributed by atoms with Crippen molar-refractivity contribution < 1.29 is 9.13 Å². The van der Waals surface area contributed by atoms with Gasteiger partial charge in [0.1, 0.15) is 17.3 Å². The quantitative estimate of drug-likeness (QED) is 0.701. The van der Waals surface area contributed by atoms with E-state index in [-0.39, 0.29) is 11.3 Å². The summed E-state index contributed by atoms with van der Waals surface area (Å²) in [5.74, 6) is 0.334.